The van der Waals surface area contributed by atoms with Crippen molar-refractivity contribution in [3.63, 3.8) is 0 Å². The normalized spacial score (nSPS) is 10.4. The van der Waals surface area contributed by atoms with E-state index >= 15 is 0 Å². The van der Waals surface area contributed by atoms with E-state index in [0.717, 1.165) is 13.8 Å². The number of hydrogen-bond acceptors (Lipinski definition) is 4. The molecule has 2 rings (SSSR count). The van der Waals surface area contributed by atoms with E-state index in [-0.39, 0.29) is 0 Å². The standard InChI is InChI=1S/C9H7BrN2S2/c1-6-4-8(12-5-7(6)10)14-9-11-2-3-13-9/h2-5H,1H3. The highest BCUT2D eigenvalue weighted by Crippen LogP contribution is 2.29. The fourth-order valence-electron chi connectivity index (χ4n) is 0.920. The lowest BCUT2D eigenvalue weighted by Gasteiger charge is -2.00. The van der Waals surface area contributed by atoms with E-state index in [0.29, 0.717) is 0 Å². The van der Waals surface area contributed by atoms with Crippen LogP contribution in [0, 0.1) is 6.92 Å². The lowest BCUT2D eigenvalue weighted by molar-refractivity contribution is 1.09. The highest BCUT2D eigenvalue weighted by Gasteiger charge is 2.02. The van der Waals surface area contributed by atoms with Crippen LogP contribution in [0.15, 0.2) is 37.7 Å². The fraction of sp³-hybridized carbons (Fsp3) is 0.111. The van der Waals surface area contributed by atoms with Gasteiger partial charge in [0.05, 0.1) is 0 Å². The van der Waals surface area contributed by atoms with Gasteiger partial charge in [-0.2, -0.15) is 0 Å². The molecule has 0 spiro atoms. The second kappa shape index (κ2) is 4.42. The van der Waals surface area contributed by atoms with Crippen LogP contribution in [0.1, 0.15) is 5.56 Å². The molecule has 0 bridgehead atoms. The van der Waals surface area contributed by atoms with Crippen LogP contribution in [0.4, 0.5) is 0 Å². The number of rotatable bonds is 2. The van der Waals surface area contributed by atoms with Crippen LogP contribution in [0.3, 0.4) is 0 Å². The molecule has 5 heteroatoms. The number of aryl methyl sites for hydroxylation is 1. The molecule has 2 nitrogen and oxygen atoms in total. The molecule has 2 aromatic rings. The Bertz CT molecular complexity index is 428. The summed E-state index contributed by atoms with van der Waals surface area (Å²) in [5.41, 5.74) is 1.19. The van der Waals surface area contributed by atoms with E-state index < -0.39 is 0 Å². The quantitative estimate of drug-likeness (QED) is 0.841. The summed E-state index contributed by atoms with van der Waals surface area (Å²) < 4.78 is 2.07. The van der Waals surface area contributed by atoms with Crippen molar-refractivity contribution in [2.75, 3.05) is 0 Å². The second-order valence-electron chi connectivity index (χ2n) is 2.67. The highest BCUT2D eigenvalue weighted by atomic mass is 79.9. The molecule has 0 unspecified atom stereocenters. The Balaban J connectivity index is 2.22. The van der Waals surface area contributed by atoms with Crippen molar-refractivity contribution in [1.82, 2.24) is 9.97 Å². The van der Waals surface area contributed by atoms with Crippen molar-refractivity contribution >= 4 is 39.0 Å². The predicted octanol–water partition coefficient (Wildman–Crippen LogP) is 3.76. The Labute approximate surface area is 98.9 Å². The SMILES string of the molecule is Cc1cc(Sc2nccs2)ncc1Br. The van der Waals surface area contributed by atoms with Crippen LogP contribution < -0.4 is 0 Å². The first-order valence-corrected chi connectivity index (χ1v) is 6.44. The van der Waals surface area contributed by atoms with Crippen molar-refractivity contribution in [3.8, 4) is 0 Å². The molecule has 0 saturated heterocycles. The molecule has 2 aromatic heterocycles. The Morgan fingerprint density at radius 2 is 2.29 bits per heavy atom. The summed E-state index contributed by atoms with van der Waals surface area (Å²) in [5.74, 6) is 0. The molecule has 0 fully saturated rings. The van der Waals surface area contributed by atoms with Crippen molar-refractivity contribution in [2.45, 2.75) is 16.3 Å². The fourth-order valence-corrected chi connectivity index (χ4v) is 2.75. The molecule has 0 radical (unpaired) electrons. The average Bonchev–Trinajstić information content (AvgIpc) is 2.64. The average molecular weight is 287 g/mol. The van der Waals surface area contributed by atoms with E-state index in [1.165, 1.54) is 5.56 Å². The van der Waals surface area contributed by atoms with Gasteiger partial charge in [0.15, 0.2) is 4.34 Å². The van der Waals surface area contributed by atoms with Crippen LogP contribution in [0.5, 0.6) is 0 Å². The van der Waals surface area contributed by atoms with E-state index in [4.69, 9.17) is 0 Å². The summed E-state index contributed by atoms with van der Waals surface area (Å²) in [5, 5.41) is 2.95. The van der Waals surface area contributed by atoms with Gasteiger partial charge in [-0.1, -0.05) is 0 Å². The number of pyridine rings is 1. The number of hydrogen-bond donors (Lipinski definition) is 0. The van der Waals surface area contributed by atoms with Crippen molar-refractivity contribution < 1.29 is 0 Å². The van der Waals surface area contributed by atoms with E-state index in [1.54, 1.807) is 29.3 Å². The first-order valence-electron chi connectivity index (χ1n) is 3.95. The Morgan fingerprint density at radius 1 is 1.43 bits per heavy atom. The van der Waals surface area contributed by atoms with Gasteiger partial charge in [-0.15, -0.1) is 11.3 Å². The smallest absolute Gasteiger partial charge is 0.156 e. The van der Waals surface area contributed by atoms with Gasteiger partial charge in [-0.25, -0.2) is 9.97 Å². The molecule has 0 aliphatic rings. The third kappa shape index (κ3) is 2.34. The highest BCUT2D eigenvalue weighted by molar-refractivity contribution is 9.10. The van der Waals surface area contributed by atoms with Crippen LogP contribution in [-0.2, 0) is 0 Å². The maximum absolute atomic E-state index is 4.30. The molecule has 14 heavy (non-hydrogen) atoms. The summed E-state index contributed by atoms with van der Waals surface area (Å²) in [6.45, 7) is 2.05. The Hall–Kier alpha value is -0.390. The molecule has 0 saturated carbocycles. The number of thiazole rings is 1. The maximum atomic E-state index is 4.30. The van der Waals surface area contributed by atoms with Gasteiger partial charge in [-0.05, 0) is 46.2 Å². The predicted molar refractivity (Wildman–Crippen MR) is 62.9 cm³/mol. The minimum absolute atomic E-state index is 0.987. The van der Waals surface area contributed by atoms with Gasteiger partial charge in [0, 0.05) is 22.2 Å². The second-order valence-corrected chi connectivity index (χ2v) is 5.69. The third-order valence-corrected chi connectivity index (χ3v) is 4.27. The summed E-state index contributed by atoms with van der Waals surface area (Å²) in [7, 11) is 0. The van der Waals surface area contributed by atoms with E-state index in [2.05, 4.69) is 38.9 Å². The van der Waals surface area contributed by atoms with Gasteiger partial charge in [-0.3, -0.25) is 0 Å². The van der Waals surface area contributed by atoms with Crippen LogP contribution in [-0.4, -0.2) is 9.97 Å². The first kappa shape index (κ1) is 10.1. The number of aromatic nitrogens is 2. The van der Waals surface area contributed by atoms with Crippen LogP contribution >= 0.6 is 39.0 Å². The summed E-state index contributed by atoms with van der Waals surface area (Å²) in [4.78, 5) is 8.49. The minimum Gasteiger partial charge on any atom is -0.248 e. The van der Waals surface area contributed by atoms with Gasteiger partial charge >= 0.3 is 0 Å². The minimum atomic E-state index is 0.987. The molecule has 0 aliphatic carbocycles. The molecular weight excluding hydrogens is 280 g/mol. The molecule has 0 N–H and O–H groups in total. The Morgan fingerprint density at radius 3 is 2.93 bits per heavy atom. The summed E-state index contributed by atoms with van der Waals surface area (Å²) in [6.07, 6.45) is 3.63. The molecule has 0 atom stereocenters. The van der Waals surface area contributed by atoms with Crippen LogP contribution in [0.25, 0.3) is 0 Å². The molecule has 72 valence electrons. The van der Waals surface area contributed by atoms with Crippen molar-refractivity contribution in [1.29, 1.82) is 0 Å². The molecule has 2 heterocycles. The van der Waals surface area contributed by atoms with E-state index in [9.17, 15) is 0 Å². The molecular formula is C9H7BrN2S2. The summed E-state index contributed by atoms with van der Waals surface area (Å²) in [6, 6.07) is 2.05. The van der Waals surface area contributed by atoms with Crippen LogP contribution in [0.2, 0.25) is 0 Å². The van der Waals surface area contributed by atoms with Gasteiger partial charge in [0.2, 0.25) is 0 Å². The number of nitrogens with zero attached hydrogens (tertiary/aromatic N) is 2. The maximum Gasteiger partial charge on any atom is 0.156 e. The zero-order valence-corrected chi connectivity index (χ0v) is 10.6. The van der Waals surface area contributed by atoms with Crippen molar-refractivity contribution in [3.05, 3.63) is 33.9 Å². The lowest BCUT2D eigenvalue weighted by atomic mass is 10.3. The van der Waals surface area contributed by atoms with Crippen molar-refractivity contribution in [2.24, 2.45) is 0 Å². The topological polar surface area (TPSA) is 25.8 Å². The monoisotopic (exact) mass is 286 g/mol. The van der Waals surface area contributed by atoms with E-state index in [1.807, 2.05) is 11.6 Å². The molecule has 0 aliphatic heterocycles. The number of halogens is 1. The van der Waals surface area contributed by atoms with Gasteiger partial charge in [0.25, 0.3) is 0 Å². The molecule has 0 aromatic carbocycles. The zero-order valence-electron chi connectivity index (χ0n) is 7.40. The van der Waals surface area contributed by atoms with Gasteiger partial charge < -0.3 is 0 Å². The Kier molecular flexibility index (Phi) is 3.20. The van der Waals surface area contributed by atoms with Gasteiger partial charge in [0.1, 0.15) is 5.03 Å². The lowest BCUT2D eigenvalue weighted by Crippen LogP contribution is -1.82. The third-order valence-electron chi connectivity index (χ3n) is 1.62. The molecule has 0 amide bonds. The largest absolute Gasteiger partial charge is 0.248 e. The first-order chi connectivity index (χ1) is 6.75. The summed E-state index contributed by atoms with van der Waals surface area (Å²) >= 11 is 6.64. The zero-order chi connectivity index (χ0) is 9.97.